The lowest BCUT2D eigenvalue weighted by Crippen LogP contribution is -2.08. The van der Waals surface area contributed by atoms with Gasteiger partial charge in [0.1, 0.15) is 0 Å². The average molecular weight is 310 g/mol. The first-order valence-electron chi connectivity index (χ1n) is 5.86. The van der Waals surface area contributed by atoms with Crippen LogP contribution in [0.25, 0.3) is 0 Å². The Kier molecular flexibility index (Phi) is 4.37. The van der Waals surface area contributed by atoms with Crippen LogP contribution in [0.1, 0.15) is 11.1 Å². The molecule has 2 rings (SSSR count). The second-order valence-electron chi connectivity index (χ2n) is 4.43. The van der Waals surface area contributed by atoms with E-state index in [9.17, 15) is 17.2 Å². The van der Waals surface area contributed by atoms with Crippen LogP contribution < -0.4 is 0 Å². The van der Waals surface area contributed by atoms with Crippen molar-refractivity contribution >= 4 is 20.9 Å². The van der Waals surface area contributed by atoms with Gasteiger partial charge < -0.3 is 4.55 Å². The van der Waals surface area contributed by atoms with Gasteiger partial charge in [-0.15, -0.1) is 0 Å². The topological polar surface area (TPSA) is 71.4 Å². The molecule has 0 aliphatic carbocycles. The summed E-state index contributed by atoms with van der Waals surface area (Å²) in [7, 11) is -3.58. The first-order valence-corrected chi connectivity index (χ1v) is 8.86. The Morgan fingerprint density at radius 2 is 1.70 bits per heavy atom. The Balaban J connectivity index is 2.59. The van der Waals surface area contributed by atoms with E-state index in [-0.39, 0.29) is 9.79 Å². The Morgan fingerprint density at radius 1 is 1.05 bits per heavy atom. The van der Waals surface area contributed by atoms with Crippen LogP contribution >= 0.6 is 0 Å². The van der Waals surface area contributed by atoms with Crippen molar-refractivity contribution in [2.45, 2.75) is 16.2 Å². The molecule has 0 saturated carbocycles. The van der Waals surface area contributed by atoms with Crippen molar-refractivity contribution in [3.63, 3.8) is 0 Å². The number of sulfone groups is 1. The lowest BCUT2D eigenvalue weighted by atomic mass is 10.1. The molecule has 2 aromatic carbocycles. The minimum Gasteiger partial charge on any atom is -0.302 e. The van der Waals surface area contributed by atoms with Crippen LogP contribution in [-0.2, 0) is 27.3 Å². The van der Waals surface area contributed by atoms with E-state index in [4.69, 9.17) is 0 Å². The van der Waals surface area contributed by atoms with Crippen molar-refractivity contribution in [3.05, 3.63) is 59.7 Å². The van der Waals surface area contributed by atoms with Crippen molar-refractivity contribution in [2.24, 2.45) is 0 Å². The summed E-state index contributed by atoms with van der Waals surface area (Å²) in [6.45, 7) is 0. The van der Waals surface area contributed by atoms with E-state index >= 15 is 0 Å². The highest BCUT2D eigenvalue weighted by atomic mass is 32.2. The fourth-order valence-corrected chi connectivity index (χ4v) is 4.28. The highest BCUT2D eigenvalue weighted by molar-refractivity contribution is 7.91. The largest absolute Gasteiger partial charge is 0.302 e. The van der Waals surface area contributed by atoms with Crippen LogP contribution in [0.15, 0.2) is 58.3 Å². The van der Waals surface area contributed by atoms with Crippen LogP contribution in [0.5, 0.6) is 0 Å². The molecule has 1 N–H and O–H groups in total. The van der Waals surface area contributed by atoms with Crippen molar-refractivity contribution in [1.82, 2.24) is 0 Å². The molecule has 0 saturated heterocycles. The average Bonchev–Trinajstić information content (AvgIpc) is 2.38. The first-order chi connectivity index (χ1) is 9.39. The molecule has 0 amide bonds. The van der Waals surface area contributed by atoms with Crippen molar-refractivity contribution in [2.75, 3.05) is 6.26 Å². The third kappa shape index (κ3) is 3.33. The summed E-state index contributed by atoms with van der Waals surface area (Å²) in [5.41, 5.74) is 1.47. The summed E-state index contributed by atoms with van der Waals surface area (Å²) >= 11 is -2.33. The summed E-state index contributed by atoms with van der Waals surface area (Å²) in [6, 6.07) is 14.0. The summed E-state index contributed by atoms with van der Waals surface area (Å²) in [5, 5.41) is 0. The molecule has 0 aliphatic rings. The normalized spacial score (nSPS) is 13.1. The summed E-state index contributed by atoms with van der Waals surface area (Å²) in [4.78, 5) is -0.120. The second-order valence-corrected chi connectivity index (χ2v) is 7.32. The maximum Gasteiger partial charge on any atom is 0.187 e. The number of hydrogen-bond donors (Lipinski definition) is 1. The number of hydrogen-bond acceptors (Lipinski definition) is 3. The minimum atomic E-state index is -3.58. The standard InChI is InChI=1S/C14H14O4S2/c1-20(17,18)14-12(8-5-9-13(14)19(15)16)10-11-6-3-2-4-7-11/h2-9H,10H2,1H3,(H,15,16). The zero-order valence-corrected chi connectivity index (χ0v) is 12.4. The molecule has 20 heavy (non-hydrogen) atoms. The third-order valence-electron chi connectivity index (χ3n) is 2.86. The third-order valence-corrected chi connectivity index (χ3v) is 4.93. The molecule has 0 aliphatic heterocycles. The number of rotatable bonds is 4. The van der Waals surface area contributed by atoms with Gasteiger partial charge in [-0.25, -0.2) is 12.6 Å². The van der Waals surface area contributed by atoms with E-state index in [1.54, 1.807) is 12.1 Å². The van der Waals surface area contributed by atoms with Gasteiger partial charge in [0.25, 0.3) is 0 Å². The Morgan fingerprint density at radius 3 is 2.25 bits per heavy atom. The fraction of sp³-hybridized carbons (Fsp3) is 0.143. The van der Waals surface area contributed by atoms with E-state index in [2.05, 4.69) is 0 Å². The molecule has 0 spiro atoms. The number of benzene rings is 2. The van der Waals surface area contributed by atoms with Crippen LogP contribution in [0, 0.1) is 0 Å². The monoisotopic (exact) mass is 310 g/mol. The molecule has 0 radical (unpaired) electrons. The van der Waals surface area contributed by atoms with E-state index < -0.39 is 20.9 Å². The second kappa shape index (κ2) is 5.87. The van der Waals surface area contributed by atoms with Gasteiger partial charge in [0.05, 0.1) is 9.79 Å². The van der Waals surface area contributed by atoms with E-state index in [1.807, 2.05) is 30.3 Å². The maximum atomic E-state index is 11.9. The van der Waals surface area contributed by atoms with Crippen molar-refractivity contribution < 1.29 is 17.2 Å². The molecule has 1 atom stereocenters. The van der Waals surface area contributed by atoms with E-state index in [1.165, 1.54) is 6.07 Å². The van der Waals surface area contributed by atoms with Gasteiger partial charge in [-0.1, -0.05) is 42.5 Å². The van der Waals surface area contributed by atoms with Gasteiger partial charge in [-0.3, -0.25) is 0 Å². The highest BCUT2D eigenvalue weighted by Gasteiger charge is 2.21. The lowest BCUT2D eigenvalue weighted by molar-refractivity contribution is 0.558. The molecule has 0 heterocycles. The van der Waals surface area contributed by atoms with Gasteiger partial charge in [0.2, 0.25) is 0 Å². The lowest BCUT2D eigenvalue weighted by Gasteiger charge is -2.11. The quantitative estimate of drug-likeness (QED) is 0.879. The van der Waals surface area contributed by atoms with Gasteiger partial charge in [-0.05, 0) is 23.6 Å². The smallest absolute Gasteiger partial charge is 0.187 e. The fourth-order valence-electron chi connectivity index (χ4n) is 2.07. The molecule has 0 bridgehead atoms. The predicted octanol–water partition coefficient (Wildman–Crippen LogP) is 2.26. The summed E-state index contributed by atoms with van der Waals surface area (Å²) in [6.07, 6.45) is 1.45. The molecule has 4 nitrogen and oxygen atoms in total. The van der Waals surface area contributed by atoms with Gasteiger partial charge in [-0.2, -0.15) is 0 Å². The Hall–Kier alpha value is -1.50. The van der Waals surface area contributed by atoms with Gasteiger partial charge in [0, 0.05) is 6.26 Å². The molecule has 6 heteroatoms. The zero-order valence-electron chi connectivity index (χ0n) is 10.8. The highest BCUT2D eigenvalue weighted by Crippen LogP contribution is 2.25. The Bertz CT molecular complexity index is 737. The van der Waals surface area contributed by atoms with E-state index in [0.29, 0.717) is 12.0 Å². The predicted molar refractivity (Wildman–Crippen MR) is 77.8 cm³/mol. The van der Waals surface area contributed by atoms with Crippen molar-refractivity contribution in [3.8, 4) is 0 Å². The van der Waals surface area contributed by atoms with Gasteiger partial charge in [0.15, 0.2) is 20.9 Å². The molecule has 1 unspecified atom stereocenters. The first kappa shape index (κ1) is 14.9. The summed E-state index contributed by atoms with van der Waals surface area (Å²) in [5.74, 6) is 0. The maximum absolute atomic E-state index is 11.9. The molecule has 0 aromatic heterocycles. The summed E-state index contributed by atoms with van der Waals surface area (Å²) < 4.78 is 44.4. The zero-order chi connectivity index (χ0) is 14.8. The van der Waals surface area contributed by atoms with E-state index in [0.717, 1.165) is 11.8 Å². The SMILES string of the molecule is CS(=O)(=O)c1c(Cc2ccccc2)cccc1S(=O)O. The minimum absolute atomic E-state index is 0.0512. The van der Waals surface area contributed by atoms with Crippen LogP contribution in [0.3, 0.4) is 0 Å². The molecule has 0 fully saturated rings. The van der Waals surface area contributed by atoms with Gasteiger partial charge >= 0.3 is 0 Å². The van der Waals surface area contributed by atoms with Crippen LogP contribution in [0.2, 0.25) is 0 Å². The van der Waals surface area contributed by atoms with Crippen LogP contribution in [-0.4, -0.2) is 23.4 Å². The van der Waals surface area contributed by atoms with Crippen LogP contribution in [0.4, 0.5) is 0 Å². The molecule has 2 aromatic rings. The Labute approximate surface area is 120 Å². The molecular weight excluding hydrogens is 296 g/mol. The van der Waals surface area contributed by atoms with Crippen molar-refractivity contribution in [1.29, 1.82) is 0 Å². The molecular formula is C14H14O4S2. The molecule has 106 valence electrons.